The fourth-order valence-corrected chi connectivity index (χ4v) is 1.26. The number of aliphatic hydroxyl groups is 1. The van der Waals surface area contributed by atoms with Crippen LogP contribution in [-0.2, 0) is 5.60 Å². The predicted molar refractivity (Wildman–Crippen MR) is 38.4 cm³/mol. The SMILES string of the molecule is CC(C)(O)c1cc(F)[c]s1. The highest BCUT2D eigenvalue weighted by molar-refractivity contribution is 7.09. The molecule has 1 N–H and O–H groups in total. The maximum Gasteiger partial charge on any atom is 0.143 e. The number of hydrogen-bond acceptors (Lipinski definition) is 2. The summed E-state index contributed by atoms with van der Waals surface area (Å²) in [5.41, 5.74) is -0.939. The Labute approximate surface area is 63.1 Å². The largest absolute Gasteiger partial charge is 0.385 e. The normalized spacial score (nSPS) is 12.0. The van der Waals surface area contributed by atoms with Crippen molar-refractivity contribution in [3.63, 3.8) is 0 Å². The van der Waals surface area contributed by atoms with Gasteiger partial charge in [0.1, 0.15) is 5.82 Å². The van der Waals surface area contributed by atoms with Gasteiger partial charge in [-0.1, -0.05) is 0 Å². The molecule has 0 fully saturated rings. The fourth-order valence-electron chi connectivity index (χ4n) is 0.579. The molecule has 0 unspecified atom stereocenters. The summed E-state index contributed by atoms with van der Waals surface area (Å²) >= 11 is 1.11. The van der Waals surface area contributed by atoms with Gasteiger partial charge < -0.3 is 5.11 Å². The van der Waals surface area contributed by atoms with Crippen LogP contribution < -0.4 is 0 Å². The molecule has 0 amide bonds. The topological polar surface area (TPSA) is 20.2 Å². The standard InChI is InChI=1S/C7H8FOS/c1-7(2,9)6-3-5(8)4-10-6/h3,9H,1-2H3. The minimum Gasteiger partial charge on any atom is -0.385 e. The zero-order chi connectivity index (χ0) is 7.78. The highest BCUT2D eigenvalue weighted by Gasteiger charge is 2.18. The Kier molecular flexibility index (Phi) is 1.79. The molecule has 0 saturated carbocycles. The van der Waals surface area contributed by atoms with Crippen molar-refractivity contribution in [3.8, 4) is 0 Å². The Hall–Kier alpha value is -0.410. The summed E-state index contributed by atoms with van der Waals surface area (Å²) in [6, 6.07) is 1.30. The number of thiophene rings is 1. The predicted octanol–water partition coefficient (Wildman–Crippen LogP) is 1.91. The summed E-state index contributed by atoms with van der Waals surface area (Å²) in [4.78, 5) is 0.602. The average Bonchev–Trinajstić information content (AvgIpc) is 2.11. The third kappa shape index (κ3) is 1.55. The number of halogens is 1. The van der Waals surface area contributed by atoms with Crippen molar-refractivity contribution in [1.82, 2.24) is 0 Å². The second-order valence-corrected chi connectivity index (χ2v) is 3.47. The van der Waals surface area contributed by atoms with Crippen molar-refractivity contribution in [2.75, 3.05) is 0 Å². The lowest BCUT2D eigenvalue weighted by Gasteiger charge is -2.13. The first-order valence-electron chi connectivity index (χ1n) is 2.90. The molecule has 3 heteroatoms. The quantitative estimate of drug-likeness (QED) is 0.663. The Morgan fingerprint density at radius 3 is 2.50 bits per heavy atom. The van der Waals surface area contributed by atoms with E-state index < -0.39 is 11.4 Å². The number of rotatable bonds is 1. The van der Waals surface area contributed by atoms with Crippen LogP contribution in [0.5, 0.6) is 0 Å². The van der Waals surface area contributed by atoms with Gasteiger partial charge in [-0.25, -0.2) is 4.39 Å². The van der Waals surface area contributed by atoms with Crippen LogP contribution in [0.3, 0.4) is 0 Å². The van der Waals surface area contributed by atoms with E-state index in [1.54, 1.807) is 13.8 Å². The van der Waals surface area contributed by atoms with E-state index >= 15 is 0 Å². The lowest BCUT2D eigenvalue weighted by Crippen LogP contribution is -2.12. The Balaban J connectivity index is 2.96. The van der Waals surface area contributed by atoms with E-state index in [9.17, 15) is 9.50 Å². The minimum atomic E-state index is -0.939. The smallest absolute Gasteiger partial charge is 0.143 e. The van der Waals surface area contributed by atoms with Crippen LogP contribution in [0, 0.1) is 11.2 Å². The zero-order valence-corrected chi connectivity index (χ0v) is 6.63. The van der Waals surface area contributed by atoms with Crippen LogP contribution in [0.2, 0.25) is 0 Å². The summed E-state index contributed by atoms with van der Waals surface area (Å²) in [5.74, 6) is -0.401. The van der Waals surface area contributed by atoms with Gasteiger partial charge in [-0.05, 0) is 19.9 Å². The molecule has 1 rings (SSSR count). The van der Waals surface area contributed by atoms with Gasteiger partial charge in [0, 0.05) is 4.88 Å². The Bertz CT molecular complexity index is 224. The summed E-state index contributed by atoms with van der Waals surface area (Å²) in [7, 11) is 0. The molecule has 0 atom stereocenters. The van der Waals surface area contributed by atoms with E-state index in [2.05, 4.69) is 5.38 Å². The van der Waals surface area contributed by atoms with Crippen LogP contribution in [-0.4, -0.2) is 5.11 Å². The van der Waals surface area contributed by atoms with Crippen molar-refractivity contribution >= 4 is 11.3 Å². The zero-order valence-electron chi connectivity index (χ0n) is 5.81. The van der Waals surface area contributed by atoms with Crippen molar-refractivity contribution < 1.29 is 9.50 Å². The van der Waals surface area contributed by atoms with Crippen molar-refractivity contribution in [2.45, 2.75) is 19.4 Å². The van der Waals surface area contributed by atoms with Crippen LogP contribution in [0.25, 0.3) is 0 Å². The van der Waals surface area contributed by atoms with E-state index in [0.717, 1.165) is 11.3 Å². The Morgan fingerprint density at radius 1 is 1.70 bits per heavy atom. The summed E-state index contributed by atoms with van der Waals surface area (Å²) in [6.45, 7) is 3.23. The van der Waals surface area contributed by atoms with Crippen molar-refractivity contribution in [2.24, 2.45) is 0 Å². The van der Waals surface area contributed by atoms with Crippen LogP contribution >= 0.6 is 11.3 Å². The summed E-state index contributed by atoms with van der Waals surface area (Å²) in [6.07, 6.45) is 0. The molecule has 1 radical (unpaired) electrons. The molecule has 10 heavy (non-hydrogen) atoms. The van der Waals surface area contributed by atoms with Gasteiger partial charge in [0.05, 0.1) is 11.0 Å². The van der Waals surface area contributed by atoms with Gasteiger partial charge in [-0.3, -0.25) is 0 Å². The monoisotopic (exact) mass is 159 g/mol. The van der Waals surface area contributed by atoms with Crippen molar-refractivity contribution in [3.05, 3.63) is 22.1 Å². The molecular weight excluding hydrogens is 151 g/mol. The first kappa shape index (κ1) is 7.69. The first-order chi connectivity index (χ1) is 4.50. The molecule has 1 aromatic rings. The summed E-state index contributed by atoms with van der Waals surface area (Å²) in [5, 5.41) is 11.7. The molecule has 55 valence electrons. The van der Waals surface area contributed by atoms with Crippen LogP contribution in [0.4, 0.5) is 4.39 Å². The van der Waals surface area contributed by atoms with Crippen molar-refractivity contribution in [1.29, 1.82) is 0 Å². The molecule has 1 heterocycles. The maximum absolute atomic E-state index is 12.3. The van der Waals surface area contributed by atoms with Gasteiger partial charge in [-0.2, -0.15) is 0 Å². The van der Waals surface area contributed by atoms with Gasteiger partial charge in [-0.15, -0.1) is 11.3 Å². The van der Waals surface area contributed by atoms with E-state index in [1.807, 2.05) is 0 Å². The highest BCUT2D eigenvalue weighted by Crippen LogP contribution is 2.25. The van der Waals surface area contributed by atoms with Crippen LogP contribution in [0.1, 0.15) is 18.7 Å². The highest BCUT2D eigenvalue weighted by atomic mass is 32.1. The molecule has 0 aromatic carbocycles. The third-order valence-electron chi connectivity index (χ3n) is 1.12. The molecule has 0 bridgehead atoms. The van der Waals surface area contributed by atoms with E-state index in [0.29, 0.717) is 4.88 Å². The maximum atomic E-state index is 12.3. The molecule has 0 aliphatic heterocycles. The molecule has 1 nitrogen and oxygen atoms in total. The van der Waals surface area contributed by atoms with E-state index in [-0.39, 0.29) is 0 Å². The number of hydrogen-bond donors (Lipinski definition) is 1. The molecule has 0 aliphatic rings. The third-order valence-corrected chi connectivity index (χ3v) is 2.25. The minimum absolute atomic E-state index is 0.401. The fraction of sp³-hybridized carbons (Fsp3) is 0.429. The molecule has 0 saturated heterocycles. The molecule has 0 aliphatic carbocycles. The lowest BCUT2D eigenvalue weighted by molar-refractivity contribution is 0.0823. The van der Waals surface area contributed by atoms with Gasteiger partial charge >= 0.3 is 0 Å². The van der Waals surface area contributed by atoms with E-state index in [4.69, 9.17) is 0 Å². The van der Waals surface area contributed by atoms with E-state index in [1.165, 1.54) is 6.07 Å². The second-order valence-electron chi connectivity index (χ2n) is 2.62. The first-order valence-corrected chi connectivity index (χ1v) is 3.71. The van der Waals surface area contributed by atoms with Gasteiger partial charge in [0.25, 0.3) is 0 Å². The molecule has 0 spiro atoms. The molecular formula is C7H8FOS. The summed E-state index contributed by atoms with van der Waals surface area (Å²) < 4.78 is 12.3. The van der Waals surface area contributed by atoms with Gasteiger partial charge in [0.15, 0.2) is 0 Å². The molecule has 1 aromatic heterocycles. The van der Waals surface area contributed by atoms with Crippen LogP contribution in [0.15, 0.2) is 6.07 Å². The Morgan fingerprint density at radius 2 is 2.30 bits per heavy atom. The van der Waals surface area contributed by atoms with Gasteiger partial charge in [0.2, 0.25) is 0 Å². The lowest BCUT2D eigenvalue weighted by atomic mass is 10.1. The second kappa shape index (κ2) is 2.32. The average molecular weight is 159 g/mol.